The van der Waals surface area contributed by atoms with Gasteiger partial charge in [0.1, 0.15) is 17.2 Å². The fourth-order valence-electron chi connectivity index (χ4n) is 8.09. The maximum atomic E-state index is 5.65. The number of hydrogen-bond acceptors (Lipinski definition) is 7. The van der Waals surface area contributed by atoms with Crippen molar-refractivity contribution < 1.29 is 14.2 Å². The number of para-hydroxylation sites is 2. The van der Waals surface area contributed by atoms with Gasteiger partial charge in [-0.05, 0) is 147 Å². The summed E-state index contributed by atoms with van der Waals surface area (Å²) >= 11 is 0. The van der Waals surface area contributed by atoms with Gasteiger partial charge in [-0.3, -0.25) is 0 Å². The molecular formula is C58H54N4O3. The van der Waals surface area contributed by atoms with Gasteiger partial charge in [0.15, 0.2) is 0 Å². The van der Waals surface area contributed by atoms with Gasteiger partial charge in [-0.2, -0.15) is 0 Å². The van der Waals surface area contributed by atoms with Gasteiger partial charge >= 0.3 is 0 Å². The average Bonchev–Trinajstić information content (AvgIpc) is 3.37. The van der Waals surface area contributed by atoms with Crippen LogP contribution in [0.2, 0.25) is 0 Å². The van der Waals surface area contributed by atoms with Crippen LogP contribution in [0, 0.1) is 0 Å². The number of nitrogens with zero attached hydrogens (tertiary/aromatic N) is 4. The summed E-state index contributed by atoms with van der Waals surface area (Å²) in [6.07, 6.45) is 14.7. The molecule has 0 N–H and O–H groups in total. The van der Waals surface area contributed by atoms with Crippen molar-refractivity contribution in [3.63, 3.8) is 0 Å². The molecule has 324 valence electrons. The molecule has 7 aromatic carbocycles. The summed E-state index contributed by atoms with van der Waals surface area (Å²) < 4.78 is 16.9. The quantitative estimate of drug-likeness (QED) is 0.0845. The van der Waals surface area contributed by atoms with Crippen LogP contribution in [0.4, 0.5) is 51.2 Å². The maximum Gasteiger partial charge on any atom is 0.120 e. The molecular weight excluding hydrogens is 801 g/mol. The van der Waals surface area contributed by atoms with E-state index < -0.39 is 0 Å². The van der Waals surface area contributed by atoms with E-state index in [0.29, 0.717) is 0 Å². The zero-order valence-electron chi connectivity index (χ0n) is 37.4. The number of methoxy groups -OCH3 is 3. The molecule has 65 heavy (non-hydrogen) atoms. The molecule has 0 heterocycles. The monoisotopic (exact) mass is 854 g/mol. The number of allylic oxidation sites excluding steroid dienone is 7. The van der Waals surface area contributed by atoms with E-state index in [0.717, 1.165) is 92.7 Å². The van der Waals surface area contributed by atoms with E-state index in [1.54, 1.807) is 21.3 Å². The van der Waals surface area contributed by atoms with Gasteiger partial charge in [-0.15, -0.1) is 0 Å². The lowest BCUT2D eigenvalue weighted by molar-refractivity contribution is 0.415. The fourth-order valence-corrected chi connectivity index (χ4v) is 8.09. The number of anilines is 9. The predicted octanol–water partition coefficient (Wildman–Crippen LogP) is 15.5. The molecule has 0 fully saturated rings. The third-order valence-electron chi connectivity index (χ3n) is 11.3. The van der Waals surface area contributed by atoms with E-state index in [2.05, 4.69) is 203 Å². The van der Waals surface area contributed by atoms with Crippen LogP contribution >= 0.6 is 0 Å². The highest BCUT2D eigenvalue weighted by molar-refractivity contribution is 5.82. The first kappa shape index (κ1) is 43.5. The maximum absolute atomic E-state index is 5.65. The number of benzene rings is 7. The third-order valence-corrected chi connectivity index (χ3v) is 11.3. The highest BCUT2D eigenvalue weighted by Gasteiger charge is 2.20. The van der Waals surface area contributed by atoms with Crippen molar-refractivity contribution in [2.45, 2.75) is 19.8 Å². The van der Waals surface area contributed by atoms with Crippen molar-refractivity contribution in [3.8, 4) is 17.2 Å². The van der Waals surface area contributed by atoms with Crippen LogP contribution in [0.15, 0.2) is 242 Å². The molecule has 0 radical (unpaired) electrons. The summed E-state index contributed by atoms with van der Waals surface area (Å²) in [5.74, 6) is 2.37. The summed E-state index contributed by atoms with van der Waals surface area (Å²) in [5.41, 5.74) is 12.0. The Kier molecular flexibility index (Phi) is 13.9. The van der Waals surface area contributed by atoms with Crippen LogP contribution in [0.5, 0.6) is 17.2 Å². The molecule has 0 unspecified atom stereocenters. The zero-order valence-corrected chi connectivity index (χ0v) is 37.4. The summed E-state index contributed by atoms with van der Waals surface area (Å²) in [4.78, 5) is 8.99. The van der Waals surface area contributed by atoms with Crippen LogP contribution in [0.25, 0.3) is 0 Å². The first-order chi connectivity index (χ1) is 32.0. The summed E-state index contributed by atoms with van der Waals surface area (Å²) in [5, 5.41) is 0. The summed E-state index contributed by atoms with van der Waals surface area (Å²) in [6, 6.07) is 62.6. The first-order valence-electron chi connectivity index (χ1n) is 21.8. The van der Waals surface area contributed by atoms with Gasteiger partial charge in [0.05, 0.1) is 21.3 Å². The van der Waals surface area contributed by atoms with Gasteiger partial charge in [-0.1, -0.05) is 79.4 Å². The van der Waals surface area contributed by atoms with Crippen molar-refractivity contribution in [1.82, 2.24) is 0 Å². The Morgan fingerprint density at radius 1 is 0.462 bits per heavy atom. The number of ether oxygens (including phenoxy) is 3. The number of hydrogen-bond donors (Lipinski definition) is 0. The summed E-state index contributed by atoms with van der Waals surface area (Å²) in [6.45, 7) is 6.71. The van der Waals surface area contributed by atoms with Crippen LogP contribution in [0.1, 0.15) is 19.8 Å². The Labute approximate surface area is 384 Å². The highest BCUT2D eigenvalue weighted by atomic mass is 16.5. The van der Waals surface area contributed by atoms with Crippen molar-refractivity contribution in [1.29, 1.82) is 0 Å². The Balaban J connectivity index is 1.21. The van der Waals surface area contributed by atoms with Gasteiger partial charge in [0, 0.05) is 86.5 Å². The Morgan fingerprint density at radius 2 is 0.877 bits per heavy atom. The molecule has 7 heteroatoms. The van der Waals surface area contributed by atoms with E-state index in [1.807, 2.05) is 48.5 Å². The minimum Gasteiger partial charge on any atom is -0.497 e. The minimum atomic E-state index is 0.790. The fraction of sp³-hybridized carbons (Fsp3) is 0.103. The van der Waals surface area contributed by atoms with Crippen LogP contribution < -0.4 is 33.8 Å². The van der Waals surface area contributed by atoms with Crippen LogP contribution in [-0.2, 0) is 0 Å². The second-order valence-corrected chi connectivity index (χ2v) is 15.3. The first-order valence-corrected chi connectivity index (χ1v) is 21.8. The lowest BCUT2D eigenvalue weighted by Crippen LogP contribution is -2.21. The molecule has 7 aromatic rings. The molecule has 7 nitrogen and oxygen atoms in total. The molecule has 0 spiro atoms. The standard InChI is InChI=1S/C58H54N4O3/c1-6-45(32-31-44(2)59(46-19-10-7-11-20-46)53-25-16-28-56(41-53)63-3)60(49-33-37-51(38-34-49)61(47-21-12-8-13-22-47)54-26-17-29-57(42-54)64-4)50-35-39-52(40-36-50)62(48-23-14-9-15-24-48)55-27-18-30-58(43-55)65-5/h6-10,12-19,21-43H,2,11,20H2,1,3-5H3. The Morgan fingerprint density at radius 3 is 1.31 bits per heavy atom. The molecule has 1 aliphatic rings. The van der Waals surface area contributed by atoms with Gasteiger partial charge in [0.2, 0.25) is 0 Å². The molecule has 0 aliphatic heterocycles. The molecule has 0 bridgehead atoms. The summed E-state index contributed by atoms with van der Waals surface area (Å²) in [7, 11) is 5.09. The SMILES string of the molecule is C=C(C=CC(=CC)N(c1ccc(N(c2ccccc2)c2cccc(OC)c2)cc1)c1ccc(N(c2ccccc2)c2cccc(OC)c2)cc1)N(C1=CC=CCC1)c1cccc(OC)c1. The van der Waals surface area contributed by atoms with E-state index in [9.17, 15) is 0 Å². The smallest absolute Gasteiger partial charge is 0.120 e. The van der Waals surface area contributed by atoms with Gasteiger partial charge in [0.25, 0.3) is 0 Å². The van der Waals surface area contributed by atoms with E-state index in [4.69, 9.17) is 14.2 Å². The van der Waals surface area contributed by atoms with Gasteiger partial charge < -0.3 is 33.8 Å². The van der Waals surface area contributed by atoms with Crippen molar-refractivity contribution >= 4 is 51.2 Å². The van der Waals surface area contributed by atoms with Crippen molar-refractivity contribution in [2.24, 2.45) is 0 Å². The lowest BCUT2D eigenvalue weighted by Gasteiger charge is -2.31. The second-order valence-electron chi connectivity index (χ2n) is 15.3. The largest absolute Gasteiger partial charge is 0.497 e. The highest BCUT2D eigenvalue weighted by Crippen LogP contribution is 2.41. The van der Waals surface area contributed by atoms with Crippen LogP contribution in [-0.4, -0.2) is 21.3 Å². The zero-order chi connectivity index (χ0) is 45.0. The molecule has 0 amide bonds. The number of rotatable bonds is 17. The van der Waals surface area contributed by atoms with E-state index in [-0.39, 0.29) is 0 Å². The Bertz CT molecular complexity index is 2680. The molecule has 0 aromatic heterocycles. The van der Waals surface area contributed by atoms with Crippen molar-refractivity contribution in [2.75, 3.05) is 40.9 Å². The topological polar surface area (TPSA) is 40.7 Å². The van der Waals surface area contributed by atoms with E-state index in [1.165, 1.54) is 5.70 Å². The second kappa shape index (κ2) is 20.8. The van der Waals surface area contributed by atoms with Crippen molar-refractivity contribution in [3.05, 3.63) is 242 Å². The van der Waals surface area contributed by atoms with E-state index >= 15 is 0 Å². The van der Waals surface area contributed by atoms with Crippen LogP contribution in [0.3, 0.4) is 0 Å². The predicted molar refractivity (Wildman–Crippen MR) is 271 cm³/mol. The third kappa shape index (κ3) is 10.1. The molecule has 0 atom stereocenters. The minimum absolute atomic E-state index is 0.790. The molecule has 0 saturated carbocycles. The average molecular weight is 855 g/mol. The molecule has 0 saturated heterocycles. The molecule has 8 rings (SSSR count). The lowest BCUT2D eigenvalue weighted by atomic mass is 10.1. The Hall–Kier alpha value is -8.16. The normalized spacial score (nSPS) is 12.3. The molecule has 1 aliphatic carbocycles. The van der Waals surface area contributed by atoms with Gasteiger partial charge in [-0.25, -0.2) is 0 Å².